The topological polar surface area (TPSA) is 89.0 Å². The van der Waals surface area contributed by atoms with Gasteiger partial charge in [0.05, 0.1) is 36.2 Å². The molecule has 0 aromatic heterocycles. The van der Waals surface area contributed by atoms with Crippen molar-refractivity contribution < 1.29 is 19.1 Å². The van der Waals surface area contributed by atoms with Crippen molar-refractivity contribution in [2.75, 3.05) is 19.5 Å². The molecule has 0 spiro atoms. The number of hydrogen-bond donors (Lipinski definition) is 2. The highest BCUT2D eigenvalue weighted by Crippen LogP contribution is 2.25. The molecule has 0 heterocycles. The van der Waals surface area contributed by atoms with Gasteiger partial charge in [0.25, 0.3) is 5.91 Å². The van der Waals surface area contributed by atoms with Crippen LogP contribution >= 0.6 is 23.2 Å². The zero-order valence-corrected chi connectivity index (χ0v) is 17.0. The standard InChI is InChI=1S/C19H19Cl2N3O4/c1-11(8-18(25)22-12-4-7-15(20)16(21)9-12)23-24-19(26)14-6-5-13(27-2)10-17(14)28-3/h4-7,9-10H,8H2,1-3H3,(H,22,25)(H,24,26)/b23-11+. The molecule has 0 saturated carbocycles. The molecule has 2 aromatic rings. The van der Waals surface area contributed by atoms with Crippen molar-refractivity contribution in [1.82, 2.24) is 5.43 Å². The largest absolute Gasteiger partial charge is 0.497 e. The van der Waals surface area contributed by atoms with E-state index in [0.29, 0.717) is 38.5 Å². The van der Waals surface area contributed by atoms with E-state index >= 15 is 0 Å². The van der Waals surface area contributed by atoms with Gasteiger partial charge in [-0.3, -0.25) is 9.59 Å². The van der Waals surface area contributed by atoms with Gasteiger partial charge < -0.3 is 14.8 Å². The maximum Gasteiger partial charge on any atom is 0.275 e. The fourth-order valence-corrected chi connectivity index (χ4v) is 2.54. The monoisotopic (exact) mass is 423 g/mol. The summed E-state index contributed by atoms with van der Waals surface area (Å²) in [5.74, 6) is 0.133. The summed E-state index contributed by atoms with van der Waals surface area (Å²) in [7, 11) is 2.97. The molecule has 0 aliphatic heterocycles. The highest BCUT2D eigenvalue weighted by Gasteiger charge is 2.13. The quantitative estimate of drug-likeness (QED) is 0.517. The third-order valence-corrected chi connectivity index (χ3v) is 4.36. The van der Waals surface area contributed by atoms with Crippen LogP contribution in [0.4, 0.5) is 5.69 Å². The number of rotatable bonds is 7. The smallest absolute Gasteiger partial charge is 0.275 e. The first-order chi connectivity index (χ1) is 13.3. The summed E-state index contributed by atoms with van der Waals surface area (Å²) >= 11 is 11.8. The van der Waals surface area contributed by atoms with E-state index < -0.39 is 5.91 Å². The predicted octanol–water partition coefficient (Wildman–Crippen LogP) is 4.15. The number of hydrazone groups is 1. The Labute approximate surface area is 172 Å². The van der Waals surface area contributed by atoms with E-state index in [0.717, 1.165) is 0 Å². The van der Waals surface area contributed by atoms with E-state index in [4.69, 9.17) is 32.7 Å². The van der Waals surface area contributed by atoms with E-state index in [-0.39, 0.29) is 12.3 Å². The van der Waals surface area contributed by atoms with Crippen molar-refractivity contribution in [3.05, 3.63) is 52.0 Å². The first kappa shape index (κ1) is 21.5. The molecule has 9 heteroatoms. The van der Waals surface area contributed by atoms with Crippen molar-refractivity contribution >= 4 is 46.4 Å². The lowest BCUT2D eigenvalue weighted by Gasteiger charge is -2.09. The second-order valence-corrected chi connectivity index (χ2v) is 6.52. The van der Waals surface area contributed by atoms with Gasteiger partial charge in [-0.05, 0) is 37.3 Å². The summed E-state index contributed by atoms with van der Waals surface area (Å²) < 4.78 is 10.3. The Kier molecular flexibility index (Phi) is 7.66. The number of methoxy groups -OCH3 is 2. The summed E-state index contributed by atoms with van der Waals surface area (Å²) in [6, 6.07) is 9.56. The van der Waals surface area contributed by atoms with Crippen molar-refractivity contribution in [3.8, 4) is 11.5 Å². The number of amides is 2. The van der Waals surface area contributed by atoms with Gasteiger partial charge in [-0.25, -0.2) is 5.43 Å². The minimum Gasteiger partial charge on any atom is -0.497 e. The van der Waals surface area contributed by atoms with Crippen LogP contribution in [0.25, 0.3) is 0 Å². The number of nitrogens with one attached hydrogen (secondary N) is 2. The van der Waals surface area contributed by atoms with Gasteiger partial charge in [-0.15, -0.1) is 0 Å². The molecule has 0 radical (unpaired) electrons. The molecule has 0 fully saturated rings. The van der Waals surface area contributed by atoms with Gasteiger partial charge in [-0.1, -0.05) is 23.2 Å². The summed E-state index contributed by atoms with van der Waals surface area (Å²) in [4.78, 5) is 24.4. The van der Waals surface area contributed by atoms with Gasteiger partial charge >= 0.3 is 0 Å². The van der Waals surface area contributed by atoms with E-state index in [1.165, 1.54) is 14.2 Å². The second-order valence-electron chi connectivity index (χ2n) is 5.71. The Morgan fingerprint density at radius 1 is 1.04 bits per heavy atom. The van der Waals surface area contributed by atoms with Crippen molar-refractivity contribution in [2.45, 2.75) is 13.3 Å². The zero-order valence-electron chi connectivity index (χ0n) is 15.5. The third-order valence-electron chi connectivity index (χ3n) is 3.62. The number of nitrogens with zero attached hydrogens (tertiary/aromatic N) is 1. The minimum atomic E-state index is -0.469. The summed E-state index contributed by atoms with van der Waals surface area (Å²) in [6.45, 7) is 1.62. The Morgan fingerprint density at radius 3 is 2.43 bits per heavy atom. The summed E-state index contributed by atoms with van der Waals surface area (Å²) in [6.07, 6.45) is -0.0136. The fraction of sp³-hybridized carbons (Fsp3) is 0.211. The van der Waals surface area contributed by atoms with Crippen molar-refractivity contribution in [3.63, 3.8) is 0 Å². The second kappa shape index (κ2) is 9.96. The Balaban J connectivity index is 1.97. The number of carbonyl (C=O) groups is 2. The average Bonchev–Trinajstić information content (AvgIpc) is 2.68. The van der Waals surface area contributed by atoms with E-state index in [2.05, 4.69) is 15.8 Å². The average molecular weight is 424 g/mol. The van der Waals surface area contributed by atoms with Crippen LogP contribution in [0.15, 0.2) is 41.5 Å². The molecule has 0 saturated heterocycles. The summed E-state index contributed by atoms with van der Waals surface area (Å²) in [5, 5.41) is 7.37. The van der Waals surface area contributed by atoms with Crippen LogP contribution in [-0.2, 0) is 4.79 Å². The molecule has 148 valence electrons. The van der Waals surface area contributed by atoms with Crippen LogP contribution < -0.4 is 20.2 Å². The van der Waals surface area contributed by atoms with Crippen LogP contribution in [-0.4, -0.2) is 31.7 Å². The van der Waals surface area contributed by atoms with Crippen LogP contribution in [0.3, 0.4) is 0 Å². The number of halogens is 2. The SMILES string of the molecule is COc1ccc(C(=O)N/N=C(\C)CC(=O)Nc2ccc(Cl)c(Cl)c2)c(OC)c1. The molecule has 0 aliphatic carbocycles. The molecule has 0 unspecified atom stereocenters. The molecule has 0 aliphatic rings. The first-order valence-electron chi connectivity index (χ1n) is 8.14. The van der Waals surface area contributed by atoms with Gasteiger partial charge in [0.15, 0.2) is 0 Å². The lowest BCUT2D eigenvalue weighted by atomic mass is 10.2. The molecular formula is C19H19Cl2N3O4. The molecule has 2 aromatic carbocycles. The normalized spacial score (nSPS) is 11.0. The third kappa shape index (κ3) is 5.87. The number of carbonyl (C=O) groups excluding carboxylic acids is 2. The molecule has 0 atom stereocenters. The molecule has 2 amide bonds. The molecule has 7 nitrogen and oxygen atoms in total. The van der Waals surface area contributed by atoms with Crippen LogP contribution in [0.1, 0.15) is 23.7 Å². The lowest BCUT2D eigenvalue weighted by Crippen LogP contribution is -2.22. The highest BCUT2D eigenvalue weighted by atomic mass is 35.5. The van der Waals surface area contributed by atoms with Gasteiger partial charge in [0.1, 0.15) is 11.5 Å². The Bertz CT molecular complexity index is 916. The maximum absolute atomic E-state index is 12.3. The Hall–Kier alpha value is -2.77. The van der Waals surface area contributed by atoms with Crippen molar-refractivity contribution in [1.29, 1.82) is 0 Å². The Morgan fingerprint density at radius 2 is 1.79 bits per heavy atom. The van der Waals surface area contributed by atoms with Gasteiger partial charge in [-0.2, -0.15) is 5.10 Å². The maximum atomic E-state index is 12.3. The molecule has 0 bridgehead atoms. The summed E-state index contributed by atoms with van der Waals surface area (Å²) in [5.41, 5.74) is 3.63. The van der Waals surface area contributed by atoms with Gasteiger partial charge in [0, 0.05) is 17.5 Å². The van der Waals surface area contributed by atoms with Crippen LogP contribution in [0, 0.1) is 0 Å². The number of ether oxygens (including phenoxy) is 2. The van der Waals surface area contributed by atoms with E-state index in [9.17, 15) is 9.59 Å². The van der Waals surface area contributed by atoms with E-state index in [1.54, 1.807) is 43.3 Å². The first-order valence-corrected chi connectivity index (χ1v) is 8.90. The number of hydrogen-bond acceptors (Lipinski definition) is 5. The van der Waals surface area contributed by atoms with E-state index in [1.807, 2.05) is 0 Å². The number of anilines is 1. The highest BCUT2D eigenvalue weighted by molar-refractivity contribution is 6.42. The van der Waals surface area contributed by atoms with Crippen LogP contribution in [0.5, 0.6) is 11.5 Å². The van der Waals surface area contributed by atoms with Gasteiger partial charge in [0.2, 0.25) is 5.91 Å². The van der Waals surface area contributed by atoms with Crippen molar-refractivity contribution in [2.24, 2.45) is 5.10 Å². The fourth-order valence-electron chi connectivity index (χ4n) is 2.24. The predicted molar refractivity (Wildman–Crippen MR) is 110 cm³/mol. The lowest BCUT2D eigenvalue weighted by molar-refractivity contribution is -0.115. The minimum absolute atomic E-state index is 0.0136. The zero-order chi connectivity index (χ0) is 20.7. The molecule has 2 N–H and O–H groups in total. The van der Waals surface area contributed by atoms with Crippen LogP contribution in [0.2, 0.25) is 10.0 Å². The number of benzene rings is 2. The molecular weight excluding hydrogens is 405 g/mol. The molecule has 2 rings (SSSR count). The molecule has 28 heavy (non-hydrogen) atoms.